The normalized spacial score (nSPS) is 30.2. The molecule has 4 fully saturated rings. The Morgan fingerprint density at radius 1 is 1.26 bits per heavy atom. The van der Waals surface area contributed by atoms with Gasteiger partial charge < -0.3 is 15.5 Å². The molecule has 0 unspecified atom stereocenters. The van der Waals surface area contributed by atoms with Crippen LogP contribution in [0.2, 0.25) is 0 Å². The van der Waals surface area contributed by atoms with Crippen LogP contribution in [0.15, 0.2) is 0 Å². The minimum absolute atomic E-state index is 0.00338. The number of amides is 5. The van der Waals surface area contributed by atoms with Crippen LogP contribution in [0.25, 0.3) is 0 Å². The quantitative estimate of drug-likeness (QED) is 0.284. The number of carbonyl (C=O) groups is 5. The van der Waals surface area contributed by atoms with Gasteiger partial charge in [0.1, 0.15) is 12.1 Å². The molecular weight excluding hydrogens is 536 g/mol. The molecule has 0 spiro atoms. The van der Waals surface area contributed by atoms with Crippen molar-refractivity contribution in [3.63, 3.8) is 0 Å². The number of rotatable bonds is 9. The van der Waals surface area contributed by atoms with Crippen molar-refractivity contribution in [2.45, 2.75) is 83.2 Å². The standard InChI is InChI=1S/C26H38ClF2N5O5/c1-5-13(2)17(31-24(39)26(29)8-6-9-26)22(37)33-12-15-16(25(15,3)4)18(33)21(36)32-34(23(38)19(27)28)11-14-7-10-30-20(14)35/h13-19H,5-12H2,1-4H3,(H,30,35)(H,31,39)(H,32,36)/t13-,14+,15+,16+,17+,18+,19+/m1/s1. The van der Waals surface area contributed by atoms with Crippen LogP contribution < -0.4 is 16.1 Å². The molecule has 2 heterocycles. The Labute approximate surface area is 231 Å². The Hall–Kier alpha value is -2.50. The number of likely N-dealkylation sites (tertiary alicyclic amines) is 1. The molecule has 0 bridgehead atoms. The second kappa shape index (κ2) is 10.8. The summed E-state index contributed by atoms with van der Waals surface area (Å²) >= 11 is 5.40. The second-order valence-electron chi connectivity index (χ2n) is 12.0. The largest absolute Gasteiger partial charge is 0.356 e. The average molecular weight is 574 g/mol. The van der Waals surface area contributed by atoms with Gasteiger partial charge >= 0.3 is 0 Å². The number of hydrazine groups is 1. The summed E-state index contributed by atoms with van der Waals surface area (Å²) in [6.45, 7) is 7.95. The summed E-state index contributed by atoms with van der Waals surface area (Å²) in [4.78, 5) is 66.2. The summed E-state index contributed by atoms with van der Waals surface area (Å²) in [5, 5.41) is 5.96. The first-order chi connectivity index (χ1) is 18.2. The number of nitrogens with zero attached hydrogens (tertiary/aromatic N) is 2. The van der Waals surface area contributed by atoms with Crippen LogP contribution in [0.4, 0.5) is 8.78 Å². The number of hydrogen-bond acceptors (Lipinski definition) is 5. The molecule has 0 aromatic heterocycles. The fourth-order valence-corrected chi connectivity index (χ4v) is 6.32. The molecule has 10 nitrogen and oxygen atoms in total. The third-order valence-electron chi connectivity index (χ3n) is 9.34. The summed E-state index contributed by atoms with van der Waals surface area (Å²) < 4.78 is 28.6. The monoisotopic (exact) mass is 573 g/mol. The Kier molecular flexibility index (Phi) is 8.18. The van der Waals surface area contributed by atoms with Crippen LogP contribution in [0.3, 0.4) is 0 Å². The van der Waals surface area contributed by atoms with Crippen molar-refractivity contribution in [2.24, 2.45) is 29.1 Å². The molecule has 2 saturated carbocycles. The lowest BCUT2D eigenvalue weighted by atomic mass is 9.81. The summed E-state index contributed by atoms with van der Waals surface area (Å²) in [5.74, 6) is -4.79. The molecule has 3 N–H and O–H groups in total. The van der Waals surface area contributed by atoms with Gasteiger partial charge in [0.2, 0.25) is 11.8 Å². The second-order valence-corrected chi connectivity index (χ2v) is 12.4. The van der Waals surface area contributed by atoms with Gasteiger partial charge in [-0.25, -0.2) is 13.8 Å². The van der Waals surface area contributed by atoms with Crippen molar-refractivity contribution in [3.8, 4) is 0 Å². The topological polar surface area (TPSA) is 128 Å². The molecule has 39 heavy (non-hydrogen) atoms. The number of alkyl halides is 3. The van der Waals surface area contributed by atoms with E-state index >= 15 is 0 Å². The molecule has 4 rings (SSSR count). The lowest BCUT2D eigenvalue weighted by molar-refractivity contribution is -0.151. The molecule has 7 atom stereocenters. The first-order valence-electron chi connectivity index (χ1n) is 13.7. The highest BCUT2D eigenvalue weighted by Gasteiger charge is 2.70. The zero-order valence-corrected chi connectivity index (χ0v) is 23.5. The smallest absolute Gasteiger partial charge is 0.291 e. The fraction of sp³-hybridized carbons (Fsp3) is 0.808. The molecule has 4 aliphatic rings. The van der Waals surface area contributed by atoms with Gasteiger partial charge in [-0.2, -0.15) is 0 Å². The van der Waals surface area contributed by atoms with Crippen LogP contribution >= 0.6 is 11.6 Å². The average Bonchev–Trinajstić information content (AvgIpc) is 3.22. The van der Waals surface area contributed by atoms with Gasteiger partial charge in [-0.05, 0) is 48.9 Å². The number of piperidine rings is 1. The van der Waals surface area contributed by atoms with Crippen LogP contribution in [0.1, 0.15) is 59.8 Å². The summed E-state index contributed by atoms with van der Waals surface area (Å²) in [6, 6.07) is -2.05. The van der Waals surface area contributed by atoms with E-state index in [0.29, 0.717) is 25.8 Å². The highest BCUT2D eigenvalue weighted by Crippen LogP contribution is 2.65. The highest BCUT2D eigenvalue weighted by atomic mass is 35.5. The first kappa shape index (κ1) is 29.5. The van der Waals surface area contributed by atoms with Crippen molar-refractivity contribution >= 4 is 41.1 Å². The van der Waals surface area contributed by atoms with E-state index in [1.165, 1.54) is 4.90 Å². The Balaban J connectivity index is 1.55. The first-order valence-corrected chi connectivity index (χ1v) is 14.1. The number of hydrogen-bond donors (Lipinski definition) is 3. The van der Waals surface area contributed by atoms with Crippen LogP contribution in [0.5, 0.6) is 0 Å². The Morgan fingerprint density at radius 3 is 2.44 bits per heavy atom. The van der Waals surface area contributed by atoms with E-state index in [2.05, 4.69) is 16.1 Å². The predicted molar refractivity (Wildman–Crippen MR) is 137 cm³/mol. The van der Waals surface area contributed by atoms with Crippen molar-refractivity contribution in [1.29, 1.82) is 0 Å². The number of fused-ring (bicyclic) bond motifs is 1. The van der Waals surface area contributed by atoms with E-state index in [4.69, 9.17) is 11.6 Å². The third-order valence-corrected chi connectivity index (χ3v) is 9.53. The van der Waals surface area contributed by atoms with E-state index in [1.807, 2.05) is 20.8 Å². The van der Waals surface area contributed by atoms with Crippen molar-refractivity contribution in [2.75, 3.05) is 19.6 Å². The van der Waals surface area contributed by atoms with Gasteiger partial charge in [-0.1, -0.05) is 45.7 Å². The maximum Gasteiger partial charge on any atom is 0.291 e. The maximum absolute atomic E-state index is 14.8. The minimum atomic E-state index is -2.44. The lowest BCUT2D eigenvalue weighted by Crippen LogP contribution is -2.62. The summed E-state index contributed by atoms with van der Waals surface area (Å²) in [5.41, 5.74) is -2.26. The molecule has 13 heteroatoms. The van der Waals surface area contributed by atoms with E-state index in [1.54, 1.807) is 6.92 Å². The van der Waals surface area contributed by atoms with Gasteiger partial charge in [0.25, 0.3) is 23.4 Å². The zero-order valence-electron chi connectivity index (χ0n) is 22.8. The highest BCUT2D eigenvalue weighted by molar-refractivity contribution is 6.29. The van der Waals surface area contributed by atoms with E-state index in [0.717, 1.165) is 5.01 Å². The number of nitrogens with one attached hydrogen (secondary N) is 3. The van der Waals surface area contributed by atoms with Gasteiger partial charge in [0, 0.05) is 13.1 Å². The number of carbonyl (C=O) groups excluding carboxylic acids is 5. The molecule has 2 aliphatic heterocycles. The molecule has 0 aromatic carbocycles. The molecule has 2 saturated heterocycles. The fourth-order valence-electron chi connectivity index (χ4n) is 6.21. The van der Waals surface area contributed by atoms with Crippen molar-refractivity contribution < 1.29 is 32.8 Å². The number of halogens is 3. The minimum Gasteiger partial charge on any atom is -0.356 e. The molecule has 2 aliphatic carbocycles. The van der Waals surface area contributed by atoms with E-state index in [9.17, 15) is 32.8 Å². The zero-order chi connectivity index (χ0) is 28.9. The van der Waals surface area contributed by atoms with Crippen LogP contribution in [-0.2, 0) is 24.0 Å². The van der Waals surface area contributed by atoms with E-state index < -0.39 is 52.9 Å². The van der Waals surface area contributed by atoms with Gasteiger partial charge in [-0.15, -0.1) is 0 Å². The van der Waals surface area contributed by atoms with Crippen LogP contribution in [0, 0.1) is 29.1 Å². The molecule has 0 aromatic rings. The van der Waals surface area contributed by atoms with Gasteiger partial charge in [-0.3, -0.25) is 29.4 Å². The van der Waals surface area contributed by atoms with Crippen molar-refractivity contribution in [3.05, 3.63) is 0 Å². The van der Waals surface area contributed by atoms with E-state index in [-0.39, 0.29) is 55.0 Å². The maximum atomic E-state index is 14.8. The van der Waals surface area contributed by atoms with Gasteiger partial charge in [0.15, 0.2) is 5.67 Å². The Bertz CT molecular complexity index is 1040. The van der Waals surface area contributed by atoms with Crippen LogP contribution in [-0.4, -0.2) is 82.5 Å². The predicted octanol–water partition coefficient (Wildman–Crippen LogP) is 1.42. The Morgan fingerprint density at radius 2 is 1.92 bits per heavy atom. The SMILES string of the molecule is CC[C@@H](C)[C@H](NC(=O)C1(F)CCC1)C(=O)N1C[C@H]2[C@@H]([C@H]1C(=O)NN(C[C@@H]1CCNC1=O)C(=O)[C@H](F)Cl)C2(C)C. The lowest BCUT2D eigenvalue weighted by Gasteiger charge is -2.38. The third kappa shape index (κ3) is 5.45. The molecule has 5 amide bonds. The molecule has 218 valence electrons. The van der Waals surface area contributed by atoms with Crippen molar-refractivity contribution in [1.82, 2.24) is 26.0 Å². The van der Waals surface area contributed by atoms with Gasteiger partial charge in [0.05, 0.1) is 12.5 Å². The molecular formula is C26H38ClF2N5O5. The molecule has 0 radical (unpaired) electrons. The summed E-state index contributed by atoms with van der Waals surface area (Å²) in [6.07, 6.45) is 1.73. The summed E-state index contributed by atoms with van der Waals surface area (Å²) in [7, 11) is 0.